The number of halogens is 1. The molecule has 20 heavy (non-hydrogen) atoms. The molecule has 1 amide bonds. The Morgan fingerprint density at radius 3 is 2.70 bits per heavy atom. The van der Waals surface area contributed by atoms with Crippen molar-refractivity contribution in [1.29, 1.82) is 0 Å². The van der Waals surface area contributed by atoms with Crippen LogP contribution in [0.5, 0.6) is 0 Å². The van der Waals surface area contributed by atoms with E-state index in [0.717, 1.165) is 28.4 Å². The molecule has 4 heteroatoms. The second-order valence-electron chi connectivity index (χ2n) is 5.43. The van der Waals surface area contributed by atoms with Gasteiger partial charge in [-0.1, -0.05) is 41.3 Å². The number of benzene rings is 1. The fraction of sp³-hybridized carbons (Fsp3) is 0.562. The van der Waals surface area contributed by atoms with Crippen LogP contribution in [0, 0.1) is 6.92 Å². The summed E-state index contributed by atoms with van der Waals surface area (Å²) in [5, 5.41) is 9.28. The first-order valence-corrected chi connectivity index (χ1v) is 8.11. The van der Waals surface area contributed by atoms with Gasteiger partial charge in [0.15, 0.2) is 0 Å². The minimum atomic E-state index is 0.0231. The number of amides is 1. The minimum Gasteiger partial charge on any atom is -0.395 e. The van der Waals surface area contributed by atoms with Crippen LogP contribution in [-0.4, -0.2) is 35.1 Å². The lowest BCUT2D eigenvalue weighted by Crippen LogP contribution is -2.43. The van der Waals surface area contributed by atoms with Crippen LogP contribution < -0.4 is 0 Å². The Morgan fingerprint density at radius 1 is 1.35 bits per heavy atom. The summed E-state index contributed by atoms with van der Waals surface area (Å²) in [4.78, 5) is 14.7. The van der Waals surface area contributed by atoms with E-state index >= 15 is 0 Å². The van der Waals surface area contributed by atoms with E-state index in [1.165, 1.54) is 19.3 Å². The molecular formula is C16H22BrNO2. The fourth-order valence-corrected chi connectivity index (χ4v) is 3.31. The summed E-state index contributed by atoms with van der Waals surface area (Å²) in [6.07, 6.45) is 5.72. The van der Waals surface area contributed by atoms with Crippen LogP contribution in [-0.2, 0) is 0 Å². The highest BCUT2D eigenvalue weighted by molar-refractivity contribution is 9.10. The van der Waals surface area contributed by atoms with Gasteiger partial charge in [-0.25, -0.2) is 0 Å². The number of hydrogen-bond donors (Lipinski definition) is 1. The Bertz CT molecular complexity index is 470. The van der Waals surface area contributed by atoms with Crippen molar-refractivity contribution in [3.63, 3.8) is 0 Å². The van der Waals surface area contributed by atoms with Crippen molar-refractivity contribution >= 4 is 21.8 Å². The van der Waals surface area contributed by atoms with Gasteiger partial charge in [-0.3, -0.25) is 4.79 Å². The third kappa shape index (κ3) is 3.41. The summed E-state index contributed by atoms with van der Waals surface area (Å²) in [5.74, 6) is 0.0461. The molecule has 110 valence electrons. The van der Waals surface area contributed by atoms with Crippen LogP contribution in [0.1, 0.15) is 48.0 Å². The molecule has 1 aliphatic carbocycles. The average Bonchev–Trinajstić information content (AvgIpc) is 2.48. The first kappa shape index (κ1) is 15.5. The van der Waals surface area contributed by atoms with Crippen molar-refractivity contribution in [3.8, 4) is 0 Å². The van der Waals surface area contributed by atoms with E-state index in [0.29, 0.717) is 6.54 Å². The topological polar surface area (TPSA) is 40.5 Å². The maximum atomic E-state index is 12.8. The number of rotatable bonds is 4. The number of hydrogen-bond acceptors (Lipinski definition) is 2. The lowest BCUT2D eigenvalue weighted by Gasteiger charge is -2.34. The maximum Gasteiger partial charge on any atom is 0.254 e. The third-order valence-electron chi connectivity index (χ3n) is 4.12. The van der Waals surface area contributed by atoms with Crippen LogP contribution in [0.15, 0.2) is 22.7 Å². The molecule has 0 saturated heterocycles. The second kappa shape index (κ2) is 7.23. The fourth-order valence-electron chi connectivity index (χ4n) is 2.94. The van der Waals surface area contributed by atoms with Gasteiger partial charge in [-0.2, -0.15) is 0 Å². The molecule has 0 unspecified atom stereocenters. The Balaban J connectivity index is 2.23. The van der Waals surface area contributed by atoms with E-state index in [4.69, 9.17) is 0 Å². The van der Waals surface area contributed by atoms with Gasteiger partial charge in [0.05, 0.1) is 6.61 Å². The van der Waals surface area contributed by atoms with E-state index in [2.05, 4.69) is 15.9 Å². The SMILES string of the molecule is Cc1c(Br)cccc1C(=O)N(CCO)C1CCCCC1. The zero-order chi connectivity index (χ0) is 14.5. The molecule has 1 aromatic rings. The first-order valence-electron chi connectivity index (χ1n) is 7.32. The van der Waals surface area contributed by atoms with E-state index < -0.39 is 0 Å². The van der Waals surface area contributed by atoms with Crippen molar-refractivity contribution in [2.24, 2.45) is 0 Å². The van der Waals surface area contributed by atoms with Crippen molar-refractivity contribution < 1.29 is 9.90 Å². The molecule has 3 nitrogen and oxygen atoms in total. The Morgan fingerprint density at radius 2 is 2.05 bits per heavy atom. The summed E-state index contributed by atoms with van der Waals surface area (Å²) < 4.78 is 0.955. The lowest BCUT2D eigenvalue weighted by atomic mass is 9.93. The quantitative estimate of drug-likeness (QED) is 0.911. The summed E-state index contributed by atoms with van der Waals surface area (Å²) in [7, 11) is 0. The number of aliphatic hydroxyl groups is 1. The van der Waals surface area contributed by atoms with Crippen LogP contribution >= 0.6 is 15.9 Å². The van der Waals surface area contributed by atoms with Gasteiger partial charge in [-0.15, -0.1) is 0 Å². The van der Waals surface area contributed by atoms with Crippen LogP contribution in [0.3, 0.4) is 0 Å². The molecule has 0 spiro atoms. The molecule has 0 atom stereocenters. The largest absolute Gasteiger partial charge is 0.395 e. The second-order valence-corrected chi connectivity index (χ2v) is 6.28. The van der Waals surface area contributed by atoms with Crippen LogP contribution in [0.2, 0.25) is 0 Å². The van der Waals surface area contributed by atoms with Crippen molar-refractivity contribution in [1.82, 2.24) is 4.90 Å². The standard InChI is InChI=1S/C16H22BrNO2/c1-12-14(8-5-9-15(12)17)16(20)18(10-11-19)13-6-3-2-4-7-13/h5,8-9,13,19H,2-4,6-7,10-11H2,1H3. The molecule has 0 aliphatic heterocycles. The normalized spacial score (nSPS) is 16.1. The Kier molecular flexibility index (Phi) is 5.61. The van der Waals surface area contributed by atoms with Gasteiger partial charge in [0.1, 0.15) is 0 Å². The Hall–Kier alpha value is -0.870. The highest BCUT2D eigenvalue weighted by atomic mass is 79.9. The predicted molar refractivity (Wildman–Crippen MR) is 83.9 cm³/mol. The monoisotopic (exact) mass is 339 g/mol. The molecule has 2 rings (SSSR count). The van der Waals surface area contributed by atoms with Crippen LogP contribution in [0.25, 0.3) is 0 Å². The molecule has 1 N–H and O–H groups in total. The molecule has 0 heterocycles. The molecule has 1 aromatic carbocycles. The van der Waals surface area contributed by atoms with Gasteiger partial charge in [0.25, 0.3) is 5.91 Å². The highest BCUT2D eigenvalue weighted by Crippen LogP contribution is 2.26. The number of carbonyl (C=O) groups excluding carboxylic acids is 1. The predicted octanol–water partition coefficient (Wildman–Crippen LogP) is 3.52. The van der Waals surface area contributed by atoms with E-state index in [1.54, 1.807) is 0 Å². The van der Waals surface area contributed by atoms with Gasteiger partial charge in [-0.05, 0) is 37.5 Å². The zero-order valence-corrected chi connectivity index (χ0v) is 13.5. The highest BCUT2D eigenvalue weighted by Gasteiger charge is 2.26. The smallest absolute Gasteiger partial charge is 0.254 e. The average molecular weight is 340 g/mol. The van der Waals surface area contributed by atoms with Crippen molar-refractivity contribution in [3.05, 3.63) is 33.8 Å². The maximum absolute atomic E-state index is 12.8. The van der Waals surface area contributed by atoms with Crippen molar-refractivity contribution in [2.45, 2.75) is 45.1 Å². The molecule has 0 aromatic heterocycles. The van der Waals surface area contributed by atoms with Crippen molar-refractivity contribution in [2.75, 3.05) is 13.2 Å². The molecule has 0 radical (unpaired) electrons. The van der Waals surface area contributed by atoms with Gasteiger partial charge in [0.2, 0.25) is 0 Å². The summed E-state index contributed by atoms with van der Waals surface area (Å²) >= 11 is 3.48. The third-order valence-corrected chi connectivity index (χ3v) is 4.97. The van der Waals surface area contributed by atoms with E-state index in [1.807, 2.05) is 30.0 Å². The zero-order valence-electron chi connectivity index (χ0n) is 11.9. The molecule has 1 aliphatic rings. The number of nitrogens with zero attached hydrogens (tertiary/aromatic N) is 1. The molecular weight excluding hydrogens is 318 g/mol. The first-order chi connectivity index (χ1) is 9.65. The van der Waals surface area contributed by atoms with Gasteiger partial charge < -0.3 is 10.0 Å². The molecule has 1 saturated carbocycles. The number of carbonyl (C=O) groups is 1. The minimum absolute atomic E-state index is 0.0231. The molecule has 0 bridgehead atoms. The summed E-state index contributed by atoms with van der Waals surface area (Å²) in [5.41, 5.74) is 1.70. The van der Waals surface area contributed by atoms with E-state index in [-0.39, 0.29) is 18.6 Å². The summed E-state index contributed by atoms with van der Waals surface area (Å²) in [6, 6.07) is 5.99. The number of aliphatic hydroxyl groups excluding tert-OH is 1. The molecule has 1 fully saturated rings. The summed E-state index contributed by atoms with van der Waals surface area (Å²) in [6.45, 7) is 2.40. The lowest BCUT2D eigenvalue weighted by molar-refractivity contribution is 0.0584. The Labute approximate surface area is 129 Å². The van der Waals surface area contributed by atoms with Crippen LogP contribution in [0.4, 0.5) is 0 Å². The van der Waals surface area contributed by atoms with Gasteiger partial charge in [0, 0.05) is 22.6 Å². The van der Waals surface area contributed by atoms with E-state index in [9.17, 15) is 9.90 Å². The van der Waals surface area contributed by atoms with Gasteiger partial charge >= 0.3 is 0 Å².